The summed E-state index contributed by atoms with van der Waals surface area (Å²) < 4.78 is 5.34. The van der Waals surface area contributed by atoms with E-state index >= 15 is 0 Å². The van der Waals surface area contributed by atoms with E-state index in [0.717, 1.165) is 37.7 Å². The summed E-state index contributed by atoms with van der Waals surface area (Å²) in [5.74, 6) is 0.202. The number of rotatable bonds is 5. The van der Waals surface area contributed by atoms with Gasteiger partial charge in [0.05, 0.1) is 35.9 Å². The largest absolute Gasteiger partial charge is 0.390 e. The van der Waals surface area contributed by atoms with E-state index in [0.29, 0.717) is 11.6 Å². The Balaban J connectivity index is 2.05. The summed E-state index contributed by atoms with van der Waals surface area (Å²) in [7, 11) is 0. The van der Waals surface area contributed by atoms with Crippen molar-refractivity contribution in [3.63, 3.8) is 0 Å². The van der Waals surface area contributed by atoms with E-state index in [4.69, 9.17) is 27.9 Å². The van der Waals surface area contributed by atoms with Crippen LogP contribution in [0, 0.1) is 0 Å². The number of aliphatic hydroxyl groups is 1. The maximum Gasteiger partial charge on any atom is 0.0847 e. The average Bonchev–Trinajstić information content (AvgIpc) is 2.47. The van der Waals surface area contributed by atoms with Crippen LogP contribution in [0.25, 0.3) is 0 Å². The van der Waals surface area contributed by atoms with E-state index in [2.05, 4.69) is 10.2 Å². The Labute approximate surface area is 123 Å². The molecule has 0 saturated carbocycles. The molecule has 4 nitrogen and oxygen atoms in total. The smallest absolute Gasteiger partial charge is 0.0847 e. The zero-order valence-corrected chi connectivity index (χ0v) is 12.1. The summed E-state index contributed by atoms with van der Waals surface area (Å²) in [6, 6.07) is 5.85. The van der Waals surface area contributed by atoms with Gasteiger partial charge in [-0.2, -0.15) is 0 Å². The van der Waals surface area contributed by atoms with Gasteiger partial charge in [0.25, 0.3) is 0 Å². The first-order valence-corrected chi connectivity index (χ1v) is 7.22. The fourth-order valence-electron chi connectivity index (χ4n) is 1.95. The van der Waals surface area contributed by atoms with Crippen LogP contribution in [-0.2, 0) is 4.74 Å². The van der Waals surface area contributed by atoms with E-state index in [1.807, 2.05) is 18.2 Å². The Bertz CT molecular complexity index is 412. The van der Waals surface area contributed by atoms with Gasteiger partial charge in [-0.1, -0.05) is 11.6 Å². The molecule has 19 heavy (non-hydrogen) atoms. The highest BCUT2D eigenvalue weighted by molar-refractivity contribution is 6.33. The molecule has 1 unspecified atom stereocenters. The van der Waals surface area contributed by atoms with Gasteiger partial charge in [0.1, 0.15) is 0 Å². The zero-order valence-electron chi connectivity index (χ0n) is 10.6. The Morgan fingerprint density at radius 1 is 1.37 bits per heavy atom. The van der Waals surface area contributed by atoms with Crippen molar-refractivity contribution in [2.24, 2.45) is 0 Å². The summed E-state index contributed by atoms with van der Waals surface area (Å²) in [6.07, 6.45) is -0.579. The van der Waals surface area contributed by atoms with Crippen LogP contribution in [0.15, 0.2) is 18.2 Å². The third kappa shape index (κ3) is 4.14. The number of benzene rings is 1. The van der Waals surface area contributed by atoms with Crippen molar-refractivity contribution in [1.29, 1.82) is 0 Å². The van der Waals surface area contributed by atoms with Gasteiger partial charge in [-0.05, 0) is 18.2 Å². The fourth-order valence-corrected chi connectivity index (χ4v) is 2.24. The van der Waals surface area contributed by atoms with Gasteiger partial charge in [0.15, 0.2) is 0 Å². The lowest BCUT2D eigenvalue weighted by molar-refractivity contribution is 0.122. The fraction of sp³-hybridized carbons (Fsp3) is 0.538. The van der Waals surface area contributed by atoms with Crippen molar-refractivity contribution in [1.82, 2.24) is 0 Å². The highest BCUT2D eigenvalue weighted by Gasteiger charge is 2.13. The minimum Gasteiger partial charge on any atom is -0.390 e. The molecule has 0 radical (unpaired) electrons. The summed E-state index contributed by atoms with van der Waals surface area (Å²) in [6.45, 7) is 3.64. The Hall–Kier alpha value is -0.680. The standard InChI is InChI=1S/C13H18Cl2N2O2/c14-8-11(18)9-16-13-7-10(1-2-12(13)15)17-3-5-19-6-4-17/h1-2,7,11,16,18H,3-6,8-9H2. The molecule has 1 aromatic rings. The van der Waals surface area contributed by atoms with Crippen molar-refractivity contribution < 1.29 is 9.84 Å². The first kappa shape index (κ1) is 14.7. The molecule has 0 amide bonds. The van der Waals surface area contributed by atoms with Crippen LogP contribution in [0.1, 0.15) is 0 Å². The number of morpholine rings is 1. The quantitative estimate of drug-likeness (QED) is 0.819. The van der Waals surface area contributed by atoms with Crippen LogP contribution in [0.4, 0.5) is 11.4 Å². The van der Waals surface area contributed by atoms with Crippen LogP contribution < -0.4 is 10.2 Å². The molecule has 1 aliphatic rings. The summed E-state index contributed by atoms with van der Waals surface area (Å²) in [5.41, 5.74) is 1.92. The molecule has 1 saturated heterocycles. The topological polar surface area (TPSA) is 44.7 Å². The highest BCUT2D eigenvalue weighted by atomic mass is 35.5. The number of nitrogens with zero attached hydrogens (tertiary/aromatic N) is 1. The Morgan fingerprint density at radius 2 is 2.11 bits per heavy atom. The molecule has 0 aromatic heterocycles. The predicted octanol–water partition coefficient (Wildman–Crippen LogP) is 2.19. The zero-order chi connectivity index (χ0) is 13.7. The number of anilines is 2. The van der Waals surface area contributed by atoms with Crippen molar-refractivity contribution >= 4 is 34.6 Å². The molecule has 1 fully saturated rings. The van der Waals surface area contributed by atoms with Crippen LogP contribution in [0.2, 0.25) is 5.02 Å². The van der Waals surface area contributed by atoms with Gasteiger partial charge >= 0.3 is 0 Å². The Morgan fingerprint density at radius 3 is 2.79 bits per heavy atom. The first-order valence-electron chi connectivity index (χ1n) is 6.31. The molecule has 6 heteroatoms. The lowest BCUT2D eigenvalue weighted by Crippen LogP contribution is -2.36. The lowest BCUT2D eigenvalue weighted by Gasteiger charge is -2.29. The molecule has 1 atom stereocenters. The molecular formula is C13H18Cl2N2O2. The van der Waals surface area contributed by atoms with E-state index in [1.165, 1.54) is 0 Å². The minimum atomic E-state index is -0.579. The monoisotopic (exact) mass is 304 g/mol. The maximum atomic E-state index is 9.46. The van der Waals surface area contributed by atoms with E-state index in [-0.39, 0.29) is 5.88 Å². The van der Waals surface area contributed by atoms with Gasteiger partial charge in [0.2, 0.25) is 0 Å². The molecule has 106 valence electrons. The molecule has 2 rings (SSSR count). The van der Waals surface area contributed by atoms with E-state index < -0.39 is 6.10 Å². The number of hydrogen-bond donors (Lipinski definition) is 2. The summed E-state index contributed by atoms with van der Waals surface area (Å²) in [4.78, 5) is 2.25. The molecule has 1 heterocycles. The number of halogens is 2. The number of nitrogens with one attached hydrogen (secondary N) is 1. The summed E-state index contributed by atoms with van der Waals surface area (Å²) >= 11 is 11.7. The van der Waals surface area contributed by atoms with Gasteiger partial charge in [-0.15, -0.1) is 11.6 Å². The van der Waals surface area contributed by atoms with Crippen molar-refractivity contribution in [2.45, 2.75) is 6.10 Å². The third-order valence-electron chi connectivity index (χ3n) is 3.03. The second kappa shape index (κ2) is 7.20. The number of ether oxygens (including phenoxy) is 1. The van der Waals surface area contributed by atoms with Gasteiger partial charge in [-0.3, -0.25) is 0 Å². The van der Waals surface area contributed by atoms with Crippen LogP contribution in [-0.4, -0.2) is 49.9 Å². The molecule has 0 bridgehead atoms. The second-order valence-electron chi connectivity index (χ2n) is 4.45. The van der Waals surface area contributed by atoms with Gasteiger partial charge in [0, 0.05) is 25.3 Å². The average molecular weight is 305 g/mol. The van der Waals surface area contributed by atoms with Crippen molar-refractivity contribution in [3.05, 3.63) is 23.2 Å². The van der Waals surface area contributed by atoms with Gasteiger partial charge < -0.3 is 20.1 Å². The number of alkyl halides is 1. The van der Waals surface area contributed by atoms with Crippen LogP contribution >= 0.6 is 23.2 Å². The second-order valence-corrected chi connectivity index (χ2v) is 5.17. The predicted molar refractivity (Wildman–Crippen MR) is 79.7 cm³/mol. The highest BCUT2D eigenvalue weighted by Crippen LogP contribution is 2.28. The van der Waals surface area contributed by atoms with Crippen molar-refractivity contribution in [3.8, 4) is 0 Å². The minimum absolute atomic E-state index is 0.202. The van der Waals surface area contributed by atoms with Crippen molar-refractivity contribution in [2.75, 3.05) is 48.9 Å². The normalized spacial score (nSPS) is 17.3. The third-order valence-corrected chi connectivity index (χ3v) is 3.72. The van der Waals surface area contributed by atoms with Crippen LogP contribution in [0.3, 0.4) is 0 Å². The maximum absolute atomic E-state index is 9.46. The molecule has 1 aromatic carbocycles. The summed E-state index contributed by atoms with van der Waals surface area (Å²) in [5, 5.41) is 13.2. The molecule has 0 aliphatic carbocycles. The molecule has 1 aliphatic heterocycles. The molecular weight excluding hydrogens is 287 g/mol. The lowest BCUT2D eigenvalue weighted by atomic mass is 10.2. The molecule has 2 N–H and O–H groups in total. The van der Waals surface area contributed by atoms with E-state index in [1.54, 1.807) is 0 Å². The SMILES string of the molecule is OC(CCl)CNc1cc(N2CCOCC2)ccc1Cl. The van der Waals surface area contributed by atoms with Gasteiger partial charge in [-0.25, -0.2) is 0 Å². The first-order chi connectivity index (χ1) is 9.20. The van der Waals surface area contributed by atoms with Crippen LogP contribution in [0.5, 0.6) is 0 Å². The Kier molecular flexibility index (Phi) is 5.58. The molecule has 0 spiro atoms. The number of hydrogen-bond acceptors (Lipinski definition) is 4. The number of aliphatic hydroxyl groups excluding tert-OH is 1. The van der Waals surface area contributed by atoms with E-state index in [9.17, 15) is 5.11 Å².